The van der Waals surface area contributed by atoms with E-state index >= 15 is 0 Å². The normalized spacial score (nSPS) is 11.9. The van der Waals surface area contributed by atoms with Crippen LogP contribution in [0.15, 0.2) is 36.5 Å². The number of nitrogens with zero attached hydrogens (tertiary/aromatic N) is 1. The van der Waals surface area contributed by atoms with Gasteiger partial charge < -0.3 is 14.8 Å². The van der Waals surface area contributed by atoms with Gasteiger partial charge in [-0.1, -0.05) is 35.3 Å². The number of ether oxygens (including phenoxy) is 2. The van der Waals surface area contributed by atoms with Gasteiger partial charge in [0.1, 0.15) is 0 Å². The Hall–Kier alpha value is -2.15. The molecule has 6 nitrogen and oxygen atoms in total. The summed E-state index contributed by atoms with van der Waals surface area (Å²) in [5.74, 6) is -1.02. The van der Waals surface area contributed by atoms with E-state index in [0.717, 1.165) is 5.56 Å². The van der Waals surface area contributed by atoms with Gasteiger partial charge >= 0.3 is 5.97 Å². The van der Waals surface area contributed by atoms with E-state index in [0.29, 0.717) is 17.2 Å². The van der Waals surface area contributed by atoms with Gasteiger partial charge in [0.05, 0.1) is 28.3 Å². The van der Waals surface area contributed by atoms with E-state index in [9.17, 15) is 9.59 Å². The molecule has 1 amide bonds. The minimum Gasteiger partial charge on any atom is -0.449 e. The van der Waals surface area contributed by atoms with Gasteiger partial charge in [0.15, 0.2) is 11.9 Å². The van der Waals surface area contributed by atoms with E-state index in [-0.39, 0.29) is 16.9 Å². The third-order valence-electron chi connectivity index (χ3n) is 3.48. The lowest BCUT2D eigenvalue weighted by Gasteiger charge is -2.14. The number of aromatic nitrogens is 1. The monoisotopic (exact) mass is 410 g/mol. The molecule has 0 fully saturated rings. The first-order valence-corrected chi connectivity index (χ1v) is 9.05. The number of hydrogen-bond acceptors (Lipinski definition) is 5. The Bertz CT molecular complexity index is 810. The molecule has 0 spiro atoms. The average Bonchev–Trinajstić information content (AvgIpc) is 2.62. The fourth-order valence-electron chi connectivity index (χ4n) is 2.01. The van der Waals surface area contributed by atoms with Crippen LogP contribution in [-0.2, 0) is 20.9 Å². The predicted molar refractivity (Wildman–Crippen MR) is 104 cm³/mol. The van der Waals surface area contributed by atoms with E-state index in [1.807, 2.05) is 13.8 Å². The van der Waals surface area contributed by atoms with Crippen LogP contribution in [0.1, 0.15) is 36.7 Å². The first-order valence-electron chi connectivity index (χ1n) is 8.29. The van der Waals surface area contributed by atoms with Crippen molar-refractivity contribution in [3.05, 3.63) is 57.7 Å². The zero-order valence-corrected chi connectivity index (χ0v) is 16.7. The lowest BCUT2D eigenvalue weighted by molar-refractivity contribution is -0.123. The fourth-order valence-corrected chi connectivity index (χ4v) is 2.43. The van der Waals surface area contributed by atoms with E-state index < -0.39 is 18.0 Å². The summed E-state index contributed by atoms with van der Waals surface area (Å²) in [6.45, 7) is 5.82. The van der Waals surface area contributed by atoms with Gasteiger partial charge in [0.25, 0.3) is 5.91 Å². The Morgan fingerprint density at radius 2 is 1.81 bits per heavy atom. The number of halogens is 2. The minimum atomic E-state index is -1.03. The Morgan fingerprint density at radius 3 is 2.41 bits per heavy atom. The Labute approximate surface area is 167 Å². The second kappa shape index (κ2) is 9.69. The Balaban J connectivity index is 1.93. The molecule has 0 aliphatic carbocycles. The summed E-state index contributed by atoms with van der Waals surface area (Å²) in [6.07, 6.45) is 0.442. The molecular weight excluding hydrogens is 391 g/mol. The van der Waals surface area contributed by atoms with E-state index in [2.05, 4.69) is 10.3 Å². The van der Waals surface area contributed by atoms with E-state index in [1.165, 1.54) is 19.2 Å². The molecule has 0 aliphatic rings. The molecule has 0 unspecified atom stereocenters. The fraction of sp³-hybridized carbons (Fsp3) is 0.316. The number of pyridine rings is 1. The zero-order chi connectivity index (χ0) is 20.0. The van der Waals surface area contributed by atoms with Crippen LogP contribution in [0.4, 0.5) is 5.82 Å². The average molecular weight is 411 g/mol. The highest BCUT2D eigenvalue weighted by Gasteiger charge is 2.20. The summed E-state index contributed by atoms with van der Waals surface area (Å²) < 4.78 is 10.7. The van der Waals surface area contributed by atoms with Gasteiger partial charge in [-0.15, -0.1) is 0 Å². The highest BCUT2D eigenvalue weighted by atomic mass is 35.5. The third-order valence-corrected chi connectivity index (χ3v) is 3.97. The summed E-state index contributed by atoms with van der Waals surface area (Å²) in [6, 6.07) is 8.27. The first kappa shape index (κ1) is 21.2. The molecule has 144 valence electrons. The minimum absolute atomic E-state index is 0.123. The number of hydrogen-bond donors (Lipinski definition) is 1. The topological polar surface area (TPSA) is 77.5 Å². The molecule has 1 aromatic heterocycles. The number of anilines is 1. The van der Waals surface area contributed by atoms with E-state index in [4.69, 9.17) is 32.7 Å². The number of benzene rings is 1. The number of esters is 1. The smallest absolute Gasteiger partial charge is 0.338 e. The summed E-state index contributed by atoms with van der Waals surface area (Å²) in [5, 5.41) is 3.03. The molecule has 27 heavy (non-hydrogen) atoms. The highest BCUT2D eigenvalue weighted by Crippen LogP contribution is 2.22. The van der Waals surface area contributed by atoms with Crippen molar-refractivity contribution in [2.24, 2.45) is 0 Å². The van der Waals surface area contributed by atoms with Crippen LogP contribution in [0.3, 0.4) is 0 Å². The molecule has 1 heterocycles. The van der Waals surface area contributed by atoms with Gasteiger partial charge in [-0.2, -0.15) is 0 Å². The van der Waals surface area contributed by atoms with Crippen molar-refractivity contribution in [1.29, 1.82) is 0 Å². The second-order valence-electron chi connectivity index (χ2n) is 6.08. The molecule has 0 radical (unpaired) electrons. The summed E-state index contributed by atoms with van der Waals surface area (Å²) >= 11 is 11.7. The molecule has 2 aromatic rings. The molecule has 0 aliphatic heterocycles. The second-order valence-corrected chi connectivity index (χ2v) is 6.92. The Morgan fingerprint density at radius 1 is 1.15 bits per heavy atom. The van der Waals surface area contributed by atoms with Gasteiger partial charge in [-0.05, 0) is 44.5 Å². The molecule has 1 N–H and O–H groups in total. The van der Waals surface area contributed by atoms with Crippen LogP contribution in [0.5, 0.6) is 0 Å². The molecule has 0 saturated heterocycles. The predicted octanol–water partition coefficient (Wildman–Crippen LogP) is 4.50. The van der Waals surface area contributed by atoms with Crippen molar-refractivity contribution in [2.75, 3.05) is 5.32 Å². The molecule has 0 bridgehead atoms. The maximum Gasteiger partial charge on any atom is 0.338 e. The largest absolute Gasteiger partial charge is 0.449 e. The van der Waals surface area contributed by atoms with Crippen LogP contribution in [0.25, 0.3) is 0 Å². The molecule has 2 rings (SSSR count). The molecule has 1 aromatic carbocycles. The van der Waals surface area contributed by atoms with Crippen LogP contribution < -0.4 is 5.32 Å². The number of nitrogens with one attached hydrogen (secondary N) is 1. The van der Waals surface area contributed by atoms with Gasteiger partial charge in [0.2, 0.25) is 0 Å². The first-order chi connectivity index (χ1) is 12.8. The lowest BCUT2D eigenvalue weighted by atomic mass is 10.1. The summed E-state index contributed by atoms with van der Waals surface area (Å²) in [7, 11) is 0. The quantitative estimate of drug-likeness (QED) is 0.679. The van der Waals surface area contributed by atoms with Crippen LogP contribution in [0, 0.1) is 0 Å². The number of carbonyl (C=O) groups excluding carboxylic acids is 2. The van der Waals surface area contributed by atoms with Crippen LogP contribution in [-0.4, -0.2) is 29.1 Å². The lowest BCUT2D eigenvalue weighted by Crippen LogP contribution is -2.30. The summed E-state index contributed by atoms with van der Waals surface area (Å²) in [5.41, 5.74) is 1.28. The van der Waals surface area contributed by atoms with Crippen LogP contribution in [0.2, 0.25) is 10.0 Å². The number of carbonyl (C=O) groups is 2. The van der Waals surface area contributed by atoms with Crippen molar-refractivity contribution >= 4 is 40.9 Å². The van der Waals surface area contributed by atoms with Crippen molar-refractivity contribution < 1.29 is 19.1 Å². The number of amides is 1. The van der Waals surface area contributed by atoms with Crippen molar-refractivity contribution in [2.45, 2.75) is 39.6 Å². The van der Waals surface area contributed by atoms with Gasteiger partial charge in [0, 0.05) is 6.20 Å². The molecular formula is C19H20Cl2N2O4. The van der Waals surface area contributed by atoms with Gasteiger partial charge in [-0.25, -0.2) is 9.78 Å². The summed E-state index contributed by atoms with van der Waals surface area (Å²) in [4.78, 5) is 28.3. The standard InChI is InChI=1S/C19H20Cl2N2O4/c1-11(2)26-10-13-4-6-14(7-5-13)19(25)27-12(3)18(24)23-17-16(21)8-15(20)9-22-17/h4-9,11-12H,10H2,1-3H3,(H,22,23,24)/t12-/m0/s1. The van der Waals surface area contributed by atoms with E-state index in [1.54, 1.807) is 24.3 Å². The maximum absolute atomic E-state index is 12.2. The van der Waals surface area contributed by atoms with Crippen LogP contribution >= 0.6 is 23.2 Å². The zero-order valence-electron chi connectivity index (χ0n) is 15.2. The SMILES string of the molecule is CC(C)OCc1ccc(C(=O)O[C@@H](C)C(=O)Nc2ncc(Cl)cc2Cl)cc1. The van der Waals surface area contributed by atoms with Gasteiger partial charge in [-0.3, -0.25) is 4.79 Å². The Kier molecular flexibility index (Phi) is 7.59. The molecule has 1 atom stereocenters. The van der Waals surface area contributed by atoms with Crippen molar-refractivity contribution in [1.82, 2.24) is 4.98 Å². The van der Waals surface area contributed by atoms with Crippen molar-refractivity contribution in [3.63, 3.8) is 0 Å². The molecule has 8 heteroatoms. The number of rotatable bonds is 7. The molecule has 0 saturated carbocycles. The third kappa shape index (κ3) is 6.50. The van der Waals surface area contributed by atoms with Crippen molar-refractivity contribution in [3.8, 4) is 0 Å². The highest BCUT2D eigenvalue weighted by molar-refractivity contribution is 6.36. The maximum atomic E-state index is 12.2.